The van der Waals surface area contributed by atoms with Crippen LogP contribution < -0.4 is 0 Å². The maximum absolute atomic E-state index is 12.1. The van der Waals surface area contributed by atoms with E-state index in [1.165, 1.54) is 0 Å². The van der Waals surface area contributed by atoms with Crippen LogP contribution in [0.15, 0.2) is 30.3 Å². The number of amides is 1. The first-order chi connectivity index (χ1) is 8.32. The standard InChI is InChI=1S/C14H15ClN2O/c1-13(2,3)17-11(10-7-5-4-6-8-10)14(15,9-16)12(17)18/h4-8,11H,1-3H3/t11-,14-/m1/s1. The summed E-state index contributed by atoms with van der Waals surface area (Å²) in [5.74, 6) is -0.312. The number of carbonyl (C=O) groups is 1. The molecule has 0 N–H and O–H groups in total. The zero-order valence-electron chi connectivity index (χ0n) is 10.6. The van der Waals surface area contributed by atoms with Gasteiger partial charge in [-0.05, 0) is 26.3 Å². The molecule has 1 aliphatic heterocycles. The smallest absolute Gasteiger partial charge is 0.261 e. The lowest BCUT2D eigenvalue weighted by Gasteiger charge is -2.55. The molecule has 0 aliphatic carbocycles. The number of hydrogen-bond donors (Lipinski definition) is 0. The van der Waals surface area contributed by atoms with Gasteiger partial charge in [0.15, 0.2) is 0 Å². The molecule has 0 unspecified atom stereocenters. The summed E-state index contributed by atoms with van der Waals surface area (Å²) in [7, 11) is 0. The minimum atomic E-state index is -1.46. The normalized spacial score (nSPS) is 27.6. The zero-order valence-corrected chi connectivity index (χ0v) is 11.4. The van der Waals surface area contributed by atoms with E-state index in [0.717, 1.165) is 5.56 Å². The van der Waals surface area contributed by atoms with Gasteiger partial charge in [-0.15, -0.1) is 0 Å². The van der Waals surface area contributed by atoms with Gasteiger partial charge < -0.3 is 4.90 Å². The summed E-state index contributed by atoms with van der Waals surface area (Å²) in [4.78, 5) is 12.3. The molecule has 1 fully saturated rings. The molecule has 1 heterocycles. The highest BCUT2D eigenvalue weighted by Gasteiger charge is 2.64. The van der Waals surface area contributed by atoms with Crippen LogP contribution in [0, 0.1) is 11.3 Å². The fourth-order valence-electron chi connectivity index (χ4n) is 2.34. The Labute approximate surface area is 112 Å². The number of alkyl halides is 1. The lowest BCUT2D eigenvalue weighted by molar-refractivity contribution is -0.158. The van der Waals surface area contributed by atoms with Crippen LogP contribution in [0.3, 0.4) is 0 Å². The molecule has 0 spiro atoms. The van der Waals surface area contributed by atoms with Gasteiger partial charge in [-0.2, -0.15) is 5.26 Å². The van der Waals surface area contributed by atoms with Crippen LogP contribution in [0.2, 0.25) is 0 Å². The monoisotopic (exact) mass is 262 g/mol. The van der Waals surface area contributed by atoms with E-state index < -0.39 is 10.9 Å². The van der Waals surface area contributed by atoms with Crippen LogP contribution in [0.5, 0.6) is 0 Å². The first kappa shape index (κ1) is 12.9. The Morgan fingerprint density at radius 2 is 1.89 bits per heavy atom. The summed E-state index contributed by atoms with van der Waals surface area (Å²) >= 11 is 6.19. The SMILES string of the molecule is CC(C)(C)N1C(=O)[C@@](Cl)(C#N)[C@H]1c1ccccc1. The summed E-state index contributed by atoms with van der Waals surface area (Å²) in [6.07, 6.45) is 0. The average molecular weight is 263 g/mol. The molecule has 2 atom stereocenters. The van der Waals surface area contributed by atoms with Gasteiger partial charge in [0, 0.05) is 5.54 Å². The quantitative estimate of drug-likeness (QED) is 0.577. The molecule has 0 bridgehead atoms. The molecule has 0 radical (unpaired) electrons. The molecule has 1 aromatic rings. The predicted molar refractivity (Wildman–Crippen MR) is 70.0 cm³/mol. The van der Waals surface area contributed by atoms with Crippen molar-refractivity contribution in [3.63, 3.8) is 0 Å². The number of β-lactam (4-membered cyclic amide) rings is 1. The van der Waals surface area contributed by atoms with Gasteiger partial charge in [-0.25, -0.2) is 0 Å². The maximum Gasteiger partial charge on any atom is 0.261 e. The summed E-state index contributed by atoms with van der Waals surface area (Å²) in [5, 5.41) is 9.20. The largest absolute Gasteiger partial charge is 0.325 e. The second kappa shape index (κ2) is 4.00. The van der Waals surface area contributed by atoms with Crippen LogP contribution in [0.4, 0.5) is 0 Å². The van der Waals surface area contributed by atoms with E-state index in [1.54, 1.807) is 4.90 Å². The summed E-state index contributed by atoms with van der Waals surface area (Å²) < 4.78 is 0. The van der Waals surface area contributed by atoms with Crippen LogP contribution in [-0.4, -0.2) is 21.2 Å². The van der Waals surface area contributed by atoms with E-state index in [9.17, 15) is 10.1 Å². The van der Waals surface area contributed by atoms with Gasteiger partial charge in [0.2, 0.25) is 4.87 Å². The third-order valence-corrected chi connectivity index (χ3v) is 3.62. The molecule has 1 amide bonds. The van der Waals surface area contributed by atoms with Gasteiger partial charge in [0.05, 0.1) is 12.1 Å². The summed E-state index contributed by atoms with van der Waals surface area (Å²) in [5.41, 5.74) is 0.538. The van der Waals surface area contributed by atoms with Gasteiger partial charge in [-0.1, -0.05) is 41.9 Å². The first-order valence-electron chi connectivity index (χ1n) is 5.81. The molecule has 94 valence electrons. The predicted octanol–water partition coefficient (Wildman–Crippen LogP) is 2.87. The van der Waals surface area contributed by atoms with E-state index >= 15 is 0 Å². The van der Waals surface area contributed by atoms with Crippen molar-refractivity contribution in [1.29, 1.82) is 5.26 Å². The van der Waals surface area contributed by atoms with Crippen LogP contribution >= 0.6 is 11.6 Å². The van der Waals surface area contributed by atoms with Crippen molar-refractivity contribution in [2.24, 2.45) is 0 Å². The van der Waals surface area contributed by atoms with Gasteiger partial charge in [0.25, 0.3) is 5.91 Å². The Kier molecular flexibility index (Phi) is 2.87. The van der Waals surface area contributed by atoms with Crippen LogP contribution in [-0.2, 0) is 4.79 Å². The number of nitrogens with zero attached hydrogens (tertiary/aromatic N) is 2. The number of benzene rings is 1. The van der Waals surface area contributed by atoms with Crippen molar-refractivity contribution >= 4 is 17.5 Å². The van der Waals surface area contributed by atoms with Crippen molar-refractivity contribution < 1.29 is 4.79 Å². The minimum Gasteiger partial charge on any atom is -0.325 e. The fraction of sp³-hybridized carbons (Fsp3) is 0.429. The first-order valence-corrected chi connectivity index (χ1v) is 6.19. The topological polar surface area (TPSA) is 44.1 Å². The second-order valence-electron chi connectivity index (χ2n) is 5.48. The highest BCUT2D eigenvalue weighted by Crippen LogP contribution is 2.50. The van der Waals surface area contributed by atoms with E-state index in [4.69, 9.17) is 11.6 Å². The maximum atomic E-state index is 12.1. The Morgan fingerprint density at radius 1 is 1.33 bits per heavy atom. The fourth-order valence-corrected chi connectivity index (χ4v) is 2.65. The molecular formula is C14H15ClN2O. The number of rotatable bonds is 1. The Bertz CT molecular complexity index is 515. The van der Waals surface area contributed by atoms with Crippen molar-refractivity contribution in [3.8, 4) is 6.07 Å². The van der Waals surface area contributed by atoms with E-state index in [2.05, 4.69) is 0 Å². The summed E-state index contributed by atoms with van der Waals surface area (Å²) in [6, 6.07) is 11.0. The van der Waals surface area contributed by atoms with Gasteiger partial charge in [0.1, 0.15) is 0 Å². The van der Waals surface area contributed by atoms with Crippen molar-refractivity contribution in [1.82, 2.24) is 4.90 Å². The molecule has 1 aromatic carbocycles. The molecule has 2 rings (SSSR count). The van der Waals surface area contributed by atoms with E-state index in [0.29, 0.717) is 0 Å². The van der Waals surface area contributed by atoms with Crippen molar-refractivity contribution in [2.75, 3.05) is 0 Å². The highest BCUT2D eigenvalue weighted by atomic mass is 35.5. The van der Waals surface area contributed by atoms with Crippen molar-refractivity contribution in [2.45, 2.75) is 37.2 Å². The molecule has 18 heavy (non-hydrogen) atoms. The Hall–Kier alpha value is -1.53. The number of halogens is 1. The van der Waals surface area contributed by atoms with E-state index in [1.807, 2.05) is 57.2 Å². The number of likely N-dealkylation sites (tertiary alicyclic amines) is 1. The lowest BCUT2D eigenvalue weighted by atomic mass is 9.78. The van der Waals surface area contributed by atoms with Crippen LogP contribution in [0.1, 0.15) is 32.4 Å². The molecule has 3 nitrogen and oxygen atoms in total. The average Bonchev–Trinajstić information content (AvgIpc) is 2.33. The third-order valence-electron chi connectivity index (χ3n) is 3.17. The second-order valence-corrected chi connectivity index (χ2v) is 6.08. The number of nitriles is 1. The van der Waals surface area contributed by atoms with Crippen molar-refractivity contribution in [3.05, 3.63) is 35.9 Å². The lowest BCUT2D eigenvalue weighted by Crippen LogP contribution is -2.69. The zero-order chi connectivity index (χ0) is 13.6. The molecule has 0 saturated carbocycles. The minimum absolute atomic E-state index is 0.312. The Morgan fingerprint density at radius 3 is 2.33 bits per heavy atom. The molecular weight excluding hydrogens is 248 g/mol. The van der Waals surface area contributed by atoms with Gasteiger partial charge in [-0.3, -0.25) is 4.79 Å². The van der Waals surface area contributed by atoms with Crippen LogP contribution in [0.25, 0.3) is 0 Å². The third kappa shape index (κ3) is 1.69. The molecule has 4 heteroatoms. The van der Waals surface area contributed by atoms with E-state index in [-0.39, 0.29) is 11.4 Å². The molecule has 1 aliphatic rings. The molecule has 1 saturated heterocycles. The number of hydrogen-bond acceptors (Lipinski definition) is 2. The molecule has 0 aromatic heterocycles. The van der Waals surface area contributed by atoms with Gasteiger partial charge >= 0.3 is 0 Å². The number of carbonyl (C=O) groups excluding carboxylic acids is 1. The Balaban J connectivity index is 2.48. The summed E-state index contributed by atoms with van der Waals surface area (Å²) in [6.45, 7) is 5.82. The highest BCUT2D eigenvalue weighted by molar-refractivity contribution is 6.40.